The van der Waals surface area contributed by atoms with Gasteiger partial charge in [0, 0.05) is 32.9 Å². The molecule has 0 heterocycles. The van der Waals surface area contributed by atoms with Crippen molar-refractivity contribution >= 4 is 40.5 Å². The molecule has 5 heteroatoms. The second kappa shape index (κ2) is 8.48. The number of ether oxygens (including phenoxy) is 1. The van der Waals surface area contributed by atoms with Crippen molar-refractivity contribution in [3.8, 4) is 5.75 Å². The monoisotopic (exact) mass is 391 g/mol. The lowest BCUT2D eigenvalue weighted by Crippen LogP contribution is -2.04. The lowest BCUT2D eigenvalue weighted by Gasteiger charge is -2.14. The third-order valence-corrected chi connectivity index (χ3v) is 4.28. The van der Waals surface area contributed by atoms with Gasteiger partial charge in [-0.1, -0.05) is 65.1 Å². The topological polar surface area (TPSA) is 21.3 Å². The van der Waals surface area contributed by atoms with Crippen LogP contribution in [0, 0.1) is 0 Å². The molecule has 25 heavy (non-hydrogen) atoms. The van der Waals surface area contributed by atoms with Gasteiger partial charge >= 0.3 is 0 Å². The van der Waals surface area contributed by atoms with Crippen molar-refractivity contribution in [3.63, 3.8) is 0 Å². The van der Waals surface area contributed by atoms with Crippen LogP contribution in [0.2, 0.25) is 15.1 Å². The Balaban J connectivity index is 1.72. The Morgan fingerprint density at radius 3 is 2.20 bits per heavy atom. The summed E-state index contributed by atoms with van der Waals surface area (Å²) in [7, 11) is 0. The molecule has 0 saturated carbocycles. The minimum absolute atomic E-state index is 0.498. The predicted molar refractivity (Wildman–Crippen MR) is 106 cm³/mol. The summed E-state index contributed by atoms with van der Waals surface area (Å²) in [6.45, 7) is 1.04. The first-order chi connectivity index (χ1) is 12.1. The minimum Gasteiger partial charge on any atom is -0.489 e. The van der Waals surface area contributed by atoms with Crippen molar-refractivity contribution in [1.82, 2.24) is 0 Å². The van der Waals surface area contributed by atoms with Crippen molar-refractivity contribution in [3.05, 3.63) is 92.9 Å². The molecular formula is C20H16Cl3NO. The average molecular weight is 393 g/mol. The van der Waals surface area contributed by atoms with Crippen molar-refractivity contribution in [1.29, 1.82) is 0 Å². The molecule has 2 nitrogen and oxygen atoms in total. The van der Waals surface area contributed by atoms with Gasteiger partial charge in [-0.05, 0) is 42.0 Å². The van der Waals surface area contributed by atoms with E-state index in [1.807, 2.05) is 60.7 Å². The Morgan fingerprint density at radius 2 is 1.48 bits per heavy atom. The van der Waals surface area contributed by atoms with Gasteiger partial charge in [0.05, 0.1) is 0 Å². The van der Waals surface area contributed by atoms with Gasteiger partial charge in [-0.25, -0.2) is 0 Å². The predicted octanol–water partition coefficient (Wildman–Crippen LogP) is 6.84. The molecule has 0 aliphatic carbocycles. The van der Waals surface area contributed by atoms with Gasteiger partial charge in [0.1, 0.15) is 12.4 Å². The molecule has 3 aromatic rings. The van der Waals surface area contributed by atoms with Crippen LogP contribution in [0.1, 0.15) is 11.1 Å². The summed E-state index contributed by atoms with van der Waals surface area (Å²) < 4.78 is 5.96. The zero-order valence-electron chi connectivity index (χ0n) is 13.3. The highest BCUT2D eigenvalue weighted by molar-refractivity contribution is 6.35. The number of benzene rings is 3. The van der Waals surface area contributed by atoms with E-state index in [1.54, 1.807) is 6.07 Å². The maximum Gasteiger partial charge on any atom is 0.124 e. The molecule has 3 rings (SSSR count). The van der Waals surface area contributed by atoms with E-state index in [4.69, 9.17) is 39.5 Å². The largest absolute Gasteiger partial charge is 0.489 e. The first-order valence-electron chi connectivity index (χ1n) is 7.75. The van der Waals surface area contributed by atoms with Crippen molar-refractivity contribution in [2.45, 2.75) is 13.2 Å². The van der Waals surface area contributed by atoms with Crippen LogP contribution < -0.4 is 10.1 Å². The van der Waals surface area contributed by atoms with E-state index >= 15 is 0 Å². The van der Waals surface area contributed by atoms with Crippen LogP contribution in [0.15, 0.2) is 66.7 Å². The Kier molecular flexibility index (Phi) is 6.09. The summed E-state index contributed by atoms with van der Waals surface area (Å²) in [6, 6.07) is 21.0. The maximum atomic E-state index is 6.14. The molecule has 128 valence electrons. The first kappa shape index (κ1) is 17.9. The van der Waals surface area contributed by atoms with Crippen LogP contribution in [-0.4, -0.2) is 0 Å². The van der Waals surface area contributed by atoms with E-state index in [0.717, 1.165) is 22.6 Å². The molecule has 0 fully saturated rings. The third kappa shape index (κ3) is 5.30. The molecular weight excluding hydrogens is 377 g/mol. The second-order valence-electron chi connectivity index (χ2n) is 5.54. The number of hydrogen-bond acceptors (Lipinski definition) is 2. The Labute approximate surface area is 162 Å². The quantitative estimate of drug-likeness (QED) is 0.496. The Hall–Kier alpha value is -1.87. The lowest BCUT2D eigenvalue weighted by atomic mass is 10.2. The molecule has 0 saturated heterocycles. The summed E-state index contributed by atoms with van der Waals surface area (Å²) in [5.74, 6) is 0.786. The average Bonchev–Trinajstić information content (AvgIpc) is 2.59. The fourth-order valence-corrected chi connectivity index (χ4v) is 3.14. The molecule has 0 aromatic heterocycles. The smallest absolute Gasteiger partial charge is 0.124 e. The van der Waals surface area contributed by atoms with Crippen LogP contribution in [0.4, 0.5) is 5.69 Å². The normalized spacial score (nSPS) is 10.5. The van der Waals surface area contributed by atoms with E-state index in [-0.39, 0.29) is 0 Å². The van der Waals surface area contributed by atoms with Crippen molar-refractivity contribution < 1.29 is 4.74 Å². The highest BCUT2D eigenvalue weighted by Gasteiger charge is 2.07. The molecule has 1 N–H and O–H groups in total. The molecule has 0 aliphatic heterocycles. The minimum atomic E-state index is 0.498. The number of nitrogens with one attached hydrogen (secondary N) is 1. The maximum absolute atomic E-state index is 6.14. The zero-order chi connectivity index (χ0) is 17.6. The third-order valence-electron chi connectivity index (χ3n) is 3.61. The van der Waals surface area contributed by atoms with Gasteiger partial charge in [-0.2, -0.15) is 0 Å². The van der Waals surface area contributed by atoms with Crippen LogP contribution in [0.3, 0.4) is 0 Å². The highest BCUT2D eigenvalue weighted by atomic mass is 35.5. The fourth-order valence-electron chi connectivity index (χ4n) is 2.42. The molecule has 0 spiro atoms. The van der Waals surface area contributed by atoms with E-state index in [9.17, 15) is 0 Å². The zero-order valence-corrected chi connectivity index (χ0v) is 15.6. The van der Waals surface area contributed by atoms with Crippen LogP contribution in [0.25, 0.3) is 0 Å². The summed E-state index contributed by atoms with van der Waals surface area (Å²) in [4.78, 5) is 0. The summed E-state index contributed by atoms with van der Waals surface area (Å²) >= 11 is 18.2. The Morgan fingerprint density at radius 1 is 0.760 bits per heavy atom. The van der Waals surface area contributed by atoms with Gasteiger partial charge in [0.25, 0.3) is 0 Å². The van der Waals surface area contributed by atoms with E-state index in [2.05, 4.69) is 5.32 Å². The number of rotatable bonds is 6. The highest BCUT2D eigenvalue weighted by Crippen LogP contribution is 2.27. The van der Waals surface area contributed by atoms with Crippen LogP contribution in [0.5, 0.6) is 5.75 Å². The van der Waals surface area contributed by atoms with Crippen molar-refractivity contribution in [2.75, 3.05) is 5.32 Å². The Bertz CT molecular complexity index is 833. The van der Waals surface area contributed by atoms with Gasteiger partial charge in [-0.3, -0.25) is 0 Å². The van der Waals surface area contributed by atoms with Gasteiger partial charge in [-0.15, -0.1) is 0 Å². The number of hydrogen-bond donors (Lipinski definition) is 1. The van der Waals surface area contributed by atoms with E-state index in [1.165, 1.54) is 0 Å². The SMILES string of the molecule is Clc1cc(Cl)cc(NCc2cc(Cl)ccc2OCc2ccccc2)c1. The molecule has 3 aromatic carbocycles. The molecule has 0 unspecified atom stereocenters. The lowest BCUT2D eigenvalue weighted by molar-refractivity contribution is 0.303. The van der Waals surface area contributed by atoms with Crippen molar-refractivity contribution in [2.24, 2.45) is 0 Å². The summed E-state index contributed by atoms with van der Waals surface area (Å²) in [6.07, 6.45) is 0. The fraction of sp³-hybridized carbons (Fsp3) is 0.100. The molecule has 0 bridgehead atoms. The number of halogens is 3. The van der Waals surface area contributed by atoms with Gasteiger partial charge in [0.15, 0.2) is 0 Å². The molecule has 0 amide bonds. The number of anilines is 1. The van der Waals surface area contributed by atoms with Crippen LogP contribution in [-0.2, 0) is 13.2 Å². The van der Waals surface area contributed by atoms with E-state index in [0.29, 0.717) is 28.2 Å². The summed E-state index contributed by atoms with van der Waals surface area (Å²) in [5.41, 5.74) is 2.91. The van der Waals surface area contributed by atoms with Gasteiger partial charge in [0.2, 0.25) is 0 Å². The molecule has 0 aliphatic rings. The molecule has 0 atom stereocenters. The molecule has 0 radical (unpaired) electrons. The summed E-state index contributed by atoms with van der Waals surface area (Å²) in [5, 5.41) is 5.13. The van der Waals surface area contributed by atoms with Crippen LogP contribution >= 0.6 is 34.8 Å². The van der Waals surface area contributed by atoms with E-state index < -0.39 is 0 Å². The first-order valence-corrected chi connectivity index (χ1v) is 8.89. The second-order valence-corrected chi connectivity index (χ2v) is 6.85. The van der Waals surface area contributed by atoms with Gasteiger partial charge < -0.3 is 10.1 Å². The standard InChI is InChI=1S/C20H16Cl3NO/c21-16-6-7-20(25-13-14-4-2-1-3-5-14)15(8-16)12-24-19-10-17(22)9-18(23)11-19/h1-11,24H,12-13H2.